The molecule has 94 valence electrons. The van der Waals surface area contributed by atoms with Gasteiger partial charge in [-0.25, -0.2) is 4.68 Å². The van der Waals surface area contributed by atoms with Crippen LogP contribution in [0, 0.1) is 0 Å². The van der Waals surface area contributed by atoms with E-state index in [0.29, 0.717) is 5.02 Å². The highest BCUT2D eigenvalue weighted by Gasteiger charge is 2.11. The number of carbonyl (C=O) groups is 1. The van der Waals surface area contributed by atoms with E-state index in [4.69, 9.17) is 16.3 Å². The van der Waals surface area contributed by atoms with E-state index < -0.39 is 0 Å². The summed E-state index contributed by atoms with van der Waals surface area (Å²) in [6.07, 6.45) is 3.18. The molecule has 0 radical (unpaired) electrons. The van der Waals surface area contributed by atoms with Crippen molar-refractivity contribution in [1.29, 1.82) is 0 Å². The third-order valence-electron chi connectivity index (χ3n) is 2.49. The number of ether oxygens (including phenoxy) is 1. The highest BCUT2D eigenvalue weighted by molar-refractivity contribution is 6.30. The van der Waals surface area contributed by atoms with Crippen molar-refractivity contribution in [3.05, 3.63) is 47.2 Å². The molecule has 0 saturated carbocycles. The second kappa shape index (κ2) is 5.23. The fourth-order valence-electron chi connectivity index (χ4n) is 1.62. The Morgan fingerprint density at radius 1 is 1.50 bits per heavy atom. The Kier molecular flexibility index (Phi) is 3.67. The molecule has 1 atom stereocenters. The fraction of sp³-hybridized carbons (Fsp3) is 0.231. The van der Waals surface area contributed by atoms with Crippen molar-refractivity contribution in [2.45, 2.75) is 20.0 Å². The number of nitrogens with zero attached hydrogens (tertiary/aromatic N) is 2. The lowest BCUT2D eigenvalue weighted by Gasteiger charge is -2.08. The molecule has 0 spiro atoms. The molecule has 0 unspecified atom stereocenters. The third-order valence-corrected chi connectivity index (χ3v) is 2.72. The molecule has 1 aromatic carbocycles. The van der Waals surface area contributed by atoms with Gasteiger partial charge in [-0.3, -0.25) is 4.79 Å². The zero-order valence-corrected chi connectivity index (χ0v) is 10.9. The summed E-state index contributed by atoms with van der Waals surface area (Å²) >= 11 is 5.92. The average molecular weight is 265 g/mol. The summed E-state index contributed by atoms with van der Waals surface area (Å²) in [5.41, 5.74) is 1.70. The monoisotopic (exact) mass is 264 g/mol. The van der Waals surface area contributed by atoms with Crippen LogP contribution in [0.2, 0.25) is 5.02 Å². The summed E-state index contributed by atoms with van der Waals surface area (Å²) in [6, 6.07) is 7.37. The maximum absolute atomic E-state index is 10.9. The van der Waals surface area contributed by atoms with Gasteiger partial charge in [0.25, 0.3) is 0 Å². The largest absolute Gasteiger partial charge is 0.458 e. The smallest absolute Gasteiger partial charge is 0.303 e. The van der Waals surface area contributed by atoms with Crippen LogP contribution in [0.4, 0.5) is 0 Å². The fourth-order valence-corrected chi connectivity index (χ4v) is 1.81. The van der Waals surface area contributed by atoms with Crippen LogP contribution in [0.25, 0.3) is 5.69 Å². The number of hydrogen-bond donors (Lipinski definition) is 0. The first-order valence-corrected chi connectivity index (χ1v) is 5.92. The molecule has 0 aliphatic carbocycles. The van der Waals surface area contributed by atoms with E-state index in [9.17, 15) is 4.79 Å². The summed E-state index contributed by atoms with van der Waals surface area (Å²) in [4.78, 5) is 10.9. The van der Waals surface area contributed by atoms with E-state index in [0.717, 1.165) is 11.3 Å². The number of carbonyl (C=O) groups excluding carboxylic acids is 1. The molecule has 2 rings (SSSR count). The minimum atomic E-state index is -0.310. The van der Waals surface area contributed by atoms with Crippen LogP contribution in [0.5, 0.6) is 0 Å². The number of hydrogen-bond acceptors (Lipinski definition) is 3. The maximum Gasteiger partial charge on any atom is 0.303 e. The predicted octanol–water partition coefficient (Wildman–Crippen LogP) is 3.15. The van der Waals surface area contributed by atoms with Gasteiger partial charge in [0.1, 0.15) is 6.10 Å². The molecule has 0 fully saturated rings. The summed E-state index contributed by atoms with van der Waals surface area (Å²) in [5.74, 6) is -0.307. The molecule has 18 heavy (non-hydrogen) atoms. The number of benzene rings is 1. The highest BCUT2D eigenvalue weighted by atomic mass is 35.5. The number of esters is 1. The molecule has 2 aromatic rings. The highest BCUT2D eigenvalue weighted by Crippen LogP contribution is 2.19. The zero-order chi connectivity index (χ0) is 13.1. The Morgan fingerprint density at radius 2 is 2.28 bits per heavy atom. The Hall–Kier alpha value is -1.81. The van der Waals surface area contributed by atoms with E-state index in [-0.39, 0.29) is 12.1 Å². The molecule has 4 nitrogen and oxygen atoms in total. The van der Waals surface area contributed by atoms with Crippen LogP contribution in [0.15, 0.2) is 36.7 Å². The van der Waals surface area contributed by atoms with Gasteiger partial charge in [-0.05, 0) is 25.1 Å². The SMILES string of the molecule is CC(=O)O[C@H](C)c1cnn(-c2cccc(Cl)c2)c1. The van der Waals surface area contributed by atoms with Gasteiger partial charge in [-0.1, -0.05) is 17.7 Å². The molecular weight excluding hydrogens is 252 g/mol. The van der Waals surface area contributed by atoms with Crippen LogP contribution >= 0.6 is 11.6 Å². The van der Waals surface area contributed by atoms with E-state index in [1.54, 1.807) is 23.9 Å². The topological polar surface area (TPSA) is 44.1 Å². The lowest BCUT2D eigenvalue weighted by Crippen LogP contribution is -2.03. The molecule has 0 amide bonds. The molecule has 1 aromatic heterocycles. The first-order chi connectivity index (χ1) is 8.56. The van der Waals surface area contributed by atoms with Crippen molar-refractivity contribution in [2.24, 2.45) is 0 Å². The Bertz CT molecular complexity index is 566. The van der Waals surface area contributed by atoms with Crippen LogP contribution in [0.3, 0.4) is 0 Å². The molecular formula is C13H13ClN2O2. The molecule has 5 heteroatoms. The van der Waals surface area contributed by atoms with Crippen molar-refractivity contribution in [1.82, 2.24) is 9.78 Å². The van der Waals surface area contributed by atoms with E-state index in [2.05, 4.69) is 5.10 Å². The Balaban J connectivity index is 2.22. The van der Waals surface area contributed by atoms with Crippen LogP contribution < -0.4 is 0 Å². The van der Waals surface area contributed by atoms with E-state index >= 15 is 0 Å². The van der Waals surface area contributed by atoms with Gasteiger partial charge >= 0.3 is 5.97 Å². The van der Waals surface area contributed by atoms with Gasteiger partial charge in [0.2, 0.25) is 0 Å². The van der Waals surface area contributed by atoms with E-state index in [1.165, 1.54) is 6.92 Å². The molecule has 0 aliphatic heterocycles. The first-order valence-electron chi connectivity index (χ1n) is 5.54. The van der Waals surface area contributed by atoms with E-state index in [1.807, 2.05) is 24.4 Å². The maximum atomic E-state index is 10.9. The van der Waals surface area contributed by atoms with Crippen molar-refractivity contribution in [3.8, 4) is 5.69 Å². The molecule has 0 saturated heterocycles. The lowest BCUT2D eigenvalue weighted by molar-refractivity contribution is -0.145. The van der Waals surface area contributed by atoms with Gasteiger partial charge < -0.3 is 4.74 Å². The molecule has 0 aliphatic rings. The summed E-state index contributed by atoms with van der Waals surface area (Å²) in [7, 11) is 0. The van der Waals surface area contributed by atoms with Crippen LogP contribution in [-0.4, -0.2) is 15.7 Å². The first kappa shape index (κ1) is 12.6. The van der Waals surface area contributed by atoms with Crippen molar-refractivity contribution in [3.63, 3.8) is 0 Å². The lowest BCUT2D eigenvalue weighted by atomic mass is 10.2. The van der Waals surface area contributed by atoms with Gasteiger partial charge in [0.05, 0.1) is 11.9 Å². The zero-order valence-electron chi connectivity index (χ0n) is 10.1. The van der Waals surface area contributed by atoms with Gasteiger partial charge in [-0.15, -0.1) is 0 Å². The minimum Gasteiger partial charge on any atom is -0.458 e. The van der Waals surface area contributed by atoms with Crippen molar-refractivity contribution in [2.75, 3.05) is 0 Å². The molecule has 0 bridgehead atoms. The second-order valence-corrected chi connectivity index (χ2v) is 4.39. The number of halogens is 1. The Labute approximate surface area is 110 Å². The second-order valence-electron chi connectivity index (χ2n) is 3.95. The van der Waals surface area contributed by atoms with Crippen LogP contribution in [-0.2, 0) is 9.53 Å². The minimum absolute atomic E-state index is 0.307. The van der Waals surface area contributed by atoms with Crippen molar-refractivity contribution < 1.29 is 9.53 Å². The third kappa shape index (κ3) is 2.90. The van der Waals surface area contributed by atoms with Gasteiger partial charge in [-0.2, -0.15) is 5.10 Å². The van der Waals surface area contributed by atoms with Gasteiger partial charge in [0.15, 0.2) is 0 Å². The number of rotatable bonds is 3. The standard InChI is InChI=1S/C13H13ClN2O2/c1-9(18-10(2)17)11-7-15-16(8-11)13-5-3-4-12(14)6-13/h3-9H,1-2H3/t9-/m1/s1. The summed E-state index contributed by atoms with van der Waals surface area (Å²) < 4.78 is 6.79. The normalized spacial score (nSPS) is 12.2. The van der Waals surface area contributed by atoms with Gasteiger partial charge in [0, 0.05) is 23.7 Å². The predicted molar refractivity (Wildman–Crippen MR) is 68.8 cm³/mol. The average Bonchev–Trinajstić information content (AvgIpc) is 2.77. The number of aromatic nitrogens is 2. The summed E-state index contributed by atoms with van der Waals surface area (Å²) in [6.45, 7) is 3.19. The summed E-state index contributed by atoms with van der Waals surface area (Å²) in [5, 5.41) is 4.87. The molecule has 0 N–H and O–H groups in total. The van der Waals surface area contributed by atoms with Crippen molar-refractivity contribution >= 4 is 17.6 Å². The Morgan fingerprint density at radius 3 is 2.94 bits per heavy atom. The van der Waals surface area contributed by atoms with Crippen LogP contribution in [0.1, 0.15) is 25.5 Å². The molecule has 1 heterocycles. The quantitative estimate of drug-likeness (QED) is 0.800.